The molecule has 1 N–H and O–H groups in total. The van der Waals surface area contributed by atoms with Crippen LogP contribution in [0.1, 0.15) is 18.9 Å². The molecular weight excluding hydrogens is 262 g/mol. The highest BCUT2D eigenvalue weighted by Gasteiger charge is 2.38. The lowest BCUT2D eigenvalue weighted by atomic mass is 10.0. The Kier molecular flexibility index (Phi) is 3.03. The average Bonchev–Trinajstić information content (AvgIpc) is 2.49. The van der Waals surface area contributed by atoms with E-state index in [-0.39, 0.29) is 11.5 Å². The molecule has 0 spiro atoms. The number of halogens is 1. The van der Waals surface area contributed by atoms with Gasteiger partial charge in [-0.2, -0.15) is 0 Å². The van der Waals surface area contributed by atoms with Crippen LogP contribution in [0.2, 0.25) is 5.15 Å². The summed E-state index contributed by atoms with van der Waals surface area (Å²) in [5.74, 6) is 0.944. The van der Waals surface area contributed by atoms with Gasteiger partial charge in [0.1, 0.15) is 17.3 Å². The van der Waals surface area contributed by atoms with E-state index in [1.807, 2.05) is 6.92 Å². The molecule has 2 rings (SSSR count). The first-order valence-corrected chi connectivity index (χ1v) is 7.47. The van der Waals surface area contributed by atoms with Gasteiger partial charge in [0.2, 0.25) is 0 Å². The Morgan fingerprint density at radius 1 is 1.47 bits per heavy atom. The van der Waals surface area contributed by atoms with Crippen LogP contribution in [-0.2, 0) is 9.84 Å². The molecule has 1 aromatic rings. The van der Waals surface area contributed by atoms with E-state index in [0.717, 1.165) is 5.56 Å². The maximum atomic E-state index is 11.5. The third kappa shape index (κ3) is 2.69. The summed E-state index contributed by atoms with van der Waals surface area (Å²) in [5, 5.41) is 3.55. The minimum atomic E-state index is -2.94. The zero-order chi connectivity index (χ0) is 12.7. The smallest absolute Gasteiger partial charge is 0.152 e. The number of sulfone groups is 1. The SMILES string of the molecule is Cc1c(Cl)ncnc1NC1(C)CCS(=O)(=O)C1. The van der Waals surface area contributed by atoms with Gasteiger partial charge in [0, 0.05) is 5.56 Å². The summed E-state index contributed by atoms with van der Waals surface area (Å²) in [6.07, 6.45) is 1.95. The predicted molar refractivity (Wildman–Crippen MR) is 67.1 cm³/mol. The molecule has 5 nitrogen and oxygen atoms in total. The van der Waals surface area contributed by atoms with Crippen molar-refractivity contribution in [2.45, 2.75) is 25.8 Å². The molecule has 0 radical (unpaired) electrons. The Morgan fingerprint density at radius 2 is 2.18 bits per heavy atom. The number of rotatable bonds is 2. The highest BCUT2D eigenvalue weighted by Crippen LogP contribution is 2.29. The summed E-state index contributed by atoms with van der Waals surface area (Å²) < 4.78 is 23.0. The zero-order valence-corrected chi connectivity index (χ0v) is 11.3. The fourth-order valence-corrected chi connectivity index (χ4v) is 4.18. The Bertz CT molecular complexity index is 546. The first-order chi connectivity index (χ1) is 7.81. The van der Waals surface area contributed by atoms with Crippen LogP contribution in [0.4, 0.5) is 5.82 Å². The van der Waals surface area contributed by atoms with E-state index < -0.39 is 15.4 Å². The summed E-state index contributed by atoms with van der Waals surface area (Å²) in [6.45, 7) is 3.69. The maximum Gasteiger partial charge on any atom is 0.152 e. The van der Waals surface area contributed by atoms with Crippen LogP contribution in [0.25, 0.3) is 0 Å². The highest BCUT2D eigenvalue weighted by molar-refractivity contribution is 7.91. The van der Waals surface area contributed by atoms with Crippen molar-refractivity contribution >= 4 is 27.3 Å². The second-order valence-corrected chi connectivity index (χ2v) is 7.21. The van der Waals surface area contributed by atoms with E-state index in [1.165, 1.54) is 6.33 Å². The summed E-state index contributed by atoms with van der Waals surface area (Å²) in [6, 6.07) is 0. The molecule has 0 bridgehead atoms. The normalized spacial score (nSPS) is 27.0. The van der Waals surface area contributed by atoms with Crippen LogP contribution in [0.3, 0.4) is 0 Å². The van der Waals surface area contributed by atoms with E-state index in [9.17, 15) is 8.42 Å². The van der Waals surface area contributed by atoms with Crippen molar-refractivity contribution in [1.82, 2.24) is 9.97 Å². The molecule has 0 amide bonds. The quantitative estimate of drug-likeness (QED) is 0.827. The predicted octanol–water partition coefficient (Wildman–Crippen LogP) is 1.43. The summed E-state index contributed by atoms with van der Waals surface area (Å²) in [4.78, 5) is 7.96. The van der Waals surface area contributed by atoms with Crippen LogP contribution in [0.15, 0.2) is 6.33 Å². The van der Waals surface area contributed by atoms with Gasteiger partial charge >= 0.3 is 0 Å². The molecule has 0 aliphatic carbocycles. The Labute approximate surface area is 106 Å². The molecule has 1 aromatic heterocycles. The third-order valence-corrected chi connectivity index (χ3v) is 5.23. The Morgan fingerprint density at radius 3 is 2.76 bits per heavy atom. The fraction of sp³-hybridized carbons (Fsp3) is 0.600. The monoisotopic (exact) mass is 275 g/mol. The molecule has 1 fully saturated rings. The molecule has 1 saturated heterocycles. The molecule has 0 aromatic carbocycles. The largest absolute Gasteiger partial charge is 0.363 e. The average molecular weight is 276 g/mol. The van der Waals surface area contributed by atoms with Gasteiger partial charge in [-0.25, -0.2) is 18.4 Å². The molecule has 1 aliphatic heterocycles. The molecule has 1 unspecified atom stereocenters. The number of hydrogen-bond donors (Lipinski definition) is 1. The van der Waals surface area contributed by atoms with Crippen LogP contribution < -0.4 is 5.32 Å². The van der Waals surface area contributed by atoms with Crippen molar-refractivity contribution in [3.05, 3.63) is 17.0 Å². The first kappa shape index (κ1) is 12.6. The second-order valence-electron chi connectivity index (χ2n) is 4.67. The van der Waals surface area contributed by atoms with E-state index in [0.29, 0.717) is 17.4 Å². The van der Waals surface area contributed by atoms with Crippen molar-refractivity contribution < 1.29 is 8.42 Å². The van der Waals surface area contributed by atoms with Gasteiger partial charge in [-0.3, -0.25) is 0 Å². The second kappa shape index (κ2) is 4.10. The van der Waals surface area contributed by atoms with E-state index in [1.54, 1.807) is 6.92 Å². The van der Waals surface area contributed by atoms with Gasteiger partial charge in [-0.05, 0) is 20.3 Å². The molecule has 17 heavy (non-hydrogen) atoms. The molecule has 1 atom stereocenters. The topological polar surface area (TPSA) is 72.0 Å². The summed E-state index contributed by atoms with van der Waals surface area (Å²) >= 11 is 5.89. The summed E-state index contributed by atoms with van der Waals surface area (Å²) in [7, 11) is -2.94. The first-order valence-electron chi connectivity index (χ1n) is 5.27. The molecule has 1 aliphatic rings. The van der Waals surface area contributed by atoms with Crippen molar-refractivity contribution in [1.29, 1.82) is 0 Å². The number of aromatic nitrogens is 2. The lowest BCUT2D eigenvalue weighted by Crippen LogP contribution is -2.36. The van der Waals surface area contributed by atoms with Gasteiger partial charge < -0.3 is 5.32 Å². The molecular formula is C10H14ClN3O2S. The zero-order valence-electron chi connectivity index (χ0n) is 9.70. The number of hydrogen-bond acceptors (Lipinski definition) is 5. The lowest BCUT2D eigenvalue weighted by Gasteiger charge is -2.25. The fourth-order valence-electron chi connectivity index (χ4n) is 1.95. The van der Waals surface area contributed by atoms with Crippen molar-refractivity contribution in [2.75, 3.05) is 16.8 Å². The van der Waals surface area contributed by atoms with Crippen LogP contribution in [0, 0.1) is 6.92 Å². The molecule has 94 valence electrons. The van der Waals surface area contributed by atoms with Gasteiger partial charge in [-0.1, -0.05) is 11.6 Å². The molecule has 0 saturated carbocycles. The minimum Gasteiger partial charge on any atom is -0.363 e. The lowest BCUT2D eigenvalue weighted by molar-refractivity contribution is 0.571. The Balaban J connectivity index is 2.25. The van der Waals surface area contributed by atoms with Crippen LogP contribution in [-0.4, -0.2) is 35.4 Å². The molecule has 7 heteroatoms. The van der Waals surface area contributed by atoms with Crippen LogP contribution in [0.5, 0.6) is 0 Å². The van der Waals surface area contributed by atoms with Gasteiger partial charge in [0.15, 0.2) is 9.84 Å². The van der Waals surface area contributed by atoms with Gasteiger partial charge in [0.05, 0.1) is 17.0 Å². The van der Waals surface area contributed by atoms with E-state index in [4.69, 9.17) is 11.6 Å². The third-order valence-electron chi connectivity index (χ3n) is 2.95. The van der Waals surface area contributed by atoms with E-state index >= 15 is 0 Å². The van der Waals surface area contributed by atoms with Crippen LogP contribution >= 0.6 is 11.6 Å². The summed E-state index contributed by atoms with van der Waals surface area (Å²) in [5.41, 5.74) is 0.265. The molecule has 2 heterocycles. The minimum absolute atomic E-state index is 0.126. The van der Waals surface area contributed by atoms with Crippen molar-refractivity contribution in [3.63, 3.8) is 0 Å². The number of anilines is 1. The number of nitrogens with one attached hydrogen (secondary N) is 1. The Hall–Kier alpha value is -0.880. The van der Waals surface area contributed by atoms with Crippen molar-refractivity contribution in [3.8, 4) is 0 Å². The standard InChI is InChI=1S/C10H14ClN3O2S/c1-7-8(11)12-6-13-9(7)14-10(2)3-4-17(15,16)5-10/h6H,3-5H2,1-2H3,(H,12,13,14). The van der Waals surface area contributed by atoms with Crippen molar-refractivity contribution in [2.24, 2.45) is 0 Å². The van der Waals surface area contributed by atoms with Gasteiger partial charge in [0.25, 0.3) is 0 Å². The highest BCUT2D eigenvalue weighted by atomic mass is 35.5. The van der Waals surface area contributed by atoms with Gasteiger partial charge in [-0.15, -0.1) is 0 Å². The number of nitrogens with zero attached hydrogens (tertiary/aromatic N) is 2. The maximum absolute atomic E-state index is 11.5. The van der Waals surface area contributed by atoms with E-state index in [2.05, 4.69) is 15.3 Å².